The molecule has 38 heavy (non-hydrogen) atoms. The fourth-order valence-electron chi connectivity index (χ4n) is 3.72. The number of hydrogen-bond donors (Lipinski definition) is 1. The van der Waals surface area contributed by atoms with Gasteiger partial charge in [0.2, 0.25) is 11.8 Å². The highest BCUT2D eigenvalue weighted by molar-refractivity contribution is 14.1. The second kappa shape index (κ2) is 13.6. The molecule has 0 fully saturated rings. The summed E-state index contributed by atoms with van der Waals surface area (Å²) in [7, 11) is -4.07. The Morgan fingerprint density at radius 2 is 1.61 bits per heavy atom. The lowest BCUT2D eigenvalue weighted by Gasteiger charge is -2.32. The molecular weight excluding hydrogens is 681 g/mol. The van der Waals surface area contributed by atoms with Crippen LogP contribution in [0.15, 0.2) is 88.2 Å². The molecule has 0 radical (unpaired) electrons. The van der Waals surface area contributed by atoms with Gasteiger partial charge in [0.15, 0.2) is 0 Å². The van der Waals surface area contributed by atoms with Crippen molar-refractivity contribution in [3.8, 4) is 0 Å². The molecule has 0 aliphatic carbocycles. The van der Waals surface area contributed by atoms with E-state index in [0.717, 1.165) is 17.9 Å². The van der Waals surface area contributed by atoms with E-state index in [4.69, 9.17) is 0 Å². The van der Waals surface area contributed by atoms with Crippen LogP contribution >= 0.6 is 38.5 Å². The molecule has 3 aromatic carbocycles. The minimum absolute atomic E-state index is 0.0765. The van der Waals surface area contributed by atoms with E-state index in [9.17, 15) is 18.0 Å². The monoisotopic (exact) mass is 711 g/mol. The summed E-state index contributed by atoms with van der Waals surface area (Å²) in [5.74, 6) is -0.545. The zero-order chi connectivity index (χ0) is 27.9. The van der Waals surface area contributed by atoms with Gasteiger partial charge in [0.05, 0.1) is 10.6 Å². The number of nitrogens with one attached hydrogen (secondary N) is 1. The Morgan fingerprint density at radius 3 is 2.21 bits per heavy atom. The van der Waals surface area contributed by atoms with E-state index in [0.29, 0.717) is 12.2 Å². The third-order valence-electron chi connectivity index (χ3n) is 5.82. The van der Waals surface area contributed by atoms with Gasteiger partial charge in [0, 0.05) is 21.1 Å². The zero-order valence-electron chi connectivity index (χ0n) is 21.5. The van der Waals surface area contributed by atoms with Crippen molar-refractivity contribution >= 4 is 66.0 Å². The molecule has 1 N–H and O–H groups in total. The molecule has 0 bridgehead atoms. The maximum absolute atomic E-state index is 13.9. The highest BCUT2D eigenvalue weighted by Crippen LogP contribution is 2.25. The fourth-order valence-corrected chi connectivity index (χ4v) is 5.96. The lowest BCUT2D eigenvalue weighted by Crippen LogP contribution is -2.51. The number of nitrogens with zero attached hydrogens (tertiary/aromatic N) is 2. The van der Waals surface area contributed by atoms with E-state index < -0.39 is 28.5 Å². The van der Waals surface area contributed by atoms with Gasteiger partial charge in [-0.05, 0) is 89.5 Å². The third kappa shape index (κ3) is 8.03. The first kappa shape index (κ1) is 30.1. The Labute approximate surface area is 246 Å². The second-order valence-electron chi connectivity index (χ2n) is 9.27. The van der Waals surface area contributed by atoms with E-state index >= 15 is 0 Å². The van der Waals surface area contributed by atoms with E-state index in [2.05, 4.69) is 43.8 Å². The van der Waals surface area contributed by atoms with Crippen LogP contribution < -0.4 is 9.62 Å². The smallest absolute Gasteiger partial charge is 0.264 e. The average molecular weight is 712 g/mol. The molecule has 0 saturated carbocycles. The molecule has 2 amide bonds. The largest absolute Gasteiger partial charge is 0.354 e. The summed E-state index contributed by atoms with van der Waals surface area (Å²) in [5.41, 5.74) is 1.17. The van der Waals surface area contributed by atoms with Crippen LogP contribution in [0.25, 0.3) is 0 Å². The van der Waals surface area contributed by atoms with Crippen molar-refractivity contribution in [3.63, 3.8) is 0 Å². The number of anilines is 1. The number of carbonyl (C=O) groups is 2. The highest BCUT2D eigenvalue weighted by atomic mass is 127. The van der Waals surface area contributed by atoms with E-state index in [1.165, 1.54) is 17.0 Å². The van der Waals surface area contributed by atoms with Crippen LogP contribution in [-0.4, -0.2) is 44.3 Å². The van der Waals surface area contributed by atoms with Crippen molar-refractivity contribution in [3.05, 3.63) is 92.5 Å². The zero-order valence-corrected chi connectivity index (χ0v) is 26.0. The summed E-state index contributed by atoms with van der Waals surface area (Å²) >= 11 is 5.59. The van der Waals surface area contributed by atoms with Crippen LogP contribution in [0.1, 0.15) is 26.3 Å². The molecule has 202 valence electrons. The van der Waals surface area contributed by atoms with Crippen molar-refractivity contribution < 1.29 is 18.0 Å². The predicted molar refractivity (Wildman–Crippen MR) is 162 cm³/mol. The molecule has 1 atom stereocenters. The van der Waals surface area contributed by atoms with E-state index in [1.807, 2.05) is 38.1 Å². The predicted octanol–water partition coefficient (Wildman–Crippen LogP) is 5.44. The van der Waals surface area contributed by atoms with Crippen molar-refractivity contribution in [2.75, 3.05) is 17.4 Å². The number of hydrogen-bond acceptors (Lipinski definition) is 4. The standard InChI is InChI=1S/C28H31BrIN3O4S/c1-20(2)17-31-28(35)21(3)32(18-22-8-7-9-23(29)16-22)27(34)19-33(25-14-12-24(30)13-15-25)38(36,37)26-10-5-4-6-11-26/h4-16,20-21H,17-19H2,1-3H3,(H,31,35)/t21-/m1/s1. The Hall–Kier alpha value is -2.44. The minimum Gasteiger partial charge on any atom is -0.354 e. The molecule has 10 heteroatoms. The van der Waals surface area contributed by atoms with Gasteiger partial charge in [0.25, 0.3) is 10.0 Å². The van der Waals surface area contributed by atoms with Gasteiger partial charge in [-0.1, -0.05) is 60.1 Å². The minimum atomic E-state index is -4.07. The summed E-state index contributed by atoms with van der Waals surface area (Å²) in [6.07, 6.45) is 0. The molecule has 0 unspecified atom stereocenters. The lowest BCUT2D eigenvalue weighted by atomic mass is 10.1. The third-order valence-corrected chi connectivity index (χ3v) is 8.82. The number of sulfonamides is 1. The number of rotatable bonds is 11. The molecule has 0 saturated heterocycles. The van der Waals surface area contributed by atoms with Gasteiger partial charge < -0.3 is 10.2 Å². The van der Waals surface area contributed by atoms with Crippen molar-refractivity contribution in [1.29, 1.82) is 0 Å². The first-order chi connectivity index (χ1) is 18.0. The van der Waals surface area contributed by atoms with Gasteiger partial charge in [-0.3, -0.25) is 13.9 Å². The summed E-state index contributed by atoms with van der Waals surface area (Å²) in [6, 6.07) is 21.6. The maximum atomic E-state index is 13.9. The quantitative estimate of drug-likeness (QED) is 0.269. The van der Waals surface area contributed by atoms with Crippen LogP contribution in [0.2, 0.25) is 0 Å². The van der Waals surface area contributed by atoms with Crippen LogP contribution in [-0.2, 0) is 26.2 Å². The summed E-state index contributed by atoms with van der Waals surface area (Å²) in [6.45, 7) is 5.78. The van der Waals surface area contributed by atoms with Crippen molar-refractivity contribution in [2.24, 2.45) is 5.92 Å². The van der Waals surface area contributed by atoms with Gasteiger partial charge in [-0.15, -0.1) is 0 Å². The number of benzene rings is 3. The van der Waals surface area contributed by atoms with Crippen molar-refractivity contribution in [1.82, 2.24) is 10.2 Å². The number of carbonyl (C=O) groups excluding carboxylic acids is 2. The first-order valence-corrected chi connectivity index (χ1v) is 15.4. The topological polar surface area (TPSA) is 86.8 Å². The van der Waals surface area contributed by atoms with E-state index in [-0.39, 0.29) is 23.3 Å². The first-order valence-electron chi connectivity index (χ1n) is 12.1. The van der Waals surface area contributed by atoms with E-state index in [1.54, 1.807) is 49.4 Å². The highest BCUT2D eigenvalue weighted by Gasteiger charge is 2.32. The summed E-state index contributed by atoms with van der Waals surface area (Å²) in [5, 5.41) is 2.89. The Bertz CT molecular complexity index is 1350. The normalized spacial score (nSPS) is 12.2. The van der Waals surface area contributed by atoms with Crippen LogP contribution in [0.3, 0.4) is 0 Å². The lowest BCUT2D eigenvalue weighted by molar-refractivity contribution is -0.139. The fraction of sp³-hybridized carbons (Fsp3) is 0.286. The summed E-state index contributed by atoms with van der Waals surface area (Å²) in [4.78, 5) is 28.4. The SMILES string of the molecule is CC(C)CNC(=O)[C@@H](C)N(Cc1cccc(Br)c1)C(=O)CN(c1ccc(I)cc1)S(=O)(=O)c1ccccc1. The Kier molecular flexibility index (Phi) is 10.8. The molecule has 0 heterocycles. The molecular formula is C28H31BrIN3O4S. The van der Waals surface area contributed by atoms with Crippen LogP contribution in [0.5, 0.6) is 0 Å². The van der Waals surface area contributed by atoms with Gasteiger partial charge in [-0.25, -0.2) is 8.42 Å². The Morgan fingerprint density at radius 1 is 0.947 bits per heavy atom. The molecule has 0 aliphatic rings. The van der Waals surface area contributed by atoms with Crippen LogP contribution in [0, 0.1) is 9.49 Å². The number of amides is 2. The van der Waals surface area contributed by atoms with Gasteiger partial charge in [-0.2, -0.15) is 0 Å². The molecule has 0 aromatic heterocycles. The Balaban J connectivity index is 1.99. The van der Waals surface area contributed by atoms with Gasteiger partial charge in [0.1, 0.15) is 12.6 Å². The molecule has 0 spiro atoms. The maximum Gasteiger partial charge on any atom is 0.264 e. The average Bonchev–Trinajstić information content (AvgIpc) is 2.89. The molecule has 0 aliphatic heterocycles. The molecule has 3 aromatic rings. The second-order valence-corrected chi connectivity index (χ2v) is 13.3. The molecule has 7 nitrogen and oxygen atoms in total. The van der Waals surface area contributed by atoms with Crippen LogP contribution in [0.4, 0.5) is 5.69 Å². The number of halogens is 2. The summed E-state index contributed by atoms with van der Waals surface area (Å²) < 4.78 is 30.3. The van der Waals surface area contributed by atoms with Crippen molar-refractivity contribution in [2.45, 2.75) is 38.3 Å². The van der Waals surface area contributed by atoms with Gasteiger partial charge >= 0.3 is 0 Å². The molecule has 3 rings (SSSR count).